The van der Waals surface area contributed by atoms with Crippen LogP contribution in [0.25, 0.3) is 5.69 Å². The van der Waals surface area contributed by atoms with Crippen molar-refractivity contribution in [2.45, 2.75) is 5.16 Å². The van der Waals surface area contributed by atoms with Crippen LogP contribution >= 0.6 is 23.4 Å². The van der Waals surface area contributed by atoms with Gasteiger partial charge < -0.3 is 10.2 Å². The average molecular weight is 433 g/mol. The van der Waals surface area contributed by atoms with Gasteiger partial charge in [-0.2, -0.15) is 0 Å². The zero-order chi connectivity index (χ0) is 20.8. The molecule has 9 heteroatoms. The van der Waals surface area contributed by atoms with Gasteiger partial charge in [0, 0.05) is 19.4 Å². The highest BCUT2D eigenvalue weighted by atomic mass is 35.5. The number of halogens is 2. The minimum atomic E-state index is -0.354. The summed E-state index contributed by atoms with van der Waals surface area (Å²) >= 11 is 7.23. The maximum Gasteiger partial charge on any atom is 0.244 e. The van der Waals surface area contributed by atoms with E-state index in [1.54, 1.807) is 60.4 Å². The summed E-state index contributed by atoms with van der Waals surface area (Å²) in [5, 5.41) is 3.66. The number of imidazole rings is 1. The Morgan fingerprint density at radius 1 is 1.24 bits per heavy atom. The molecule has 2 aromatic carbocycles. The van der Waals surface area contributed by atoms with Crippen molar-refractivity contribution in [3.05, 3.63) is 71.8 Å². The van der Waals surface area contributed by atoms with Crippen LogP contribution in [-0.4, -0.2) is 45.6 Å². The molecule has 0 saturated heterocycles. The molecule has 3 aromatic rings. The van der Waals surface area contributed by atoms with Crippen LogP contribution in [0, 0.1) is 5.82 Å². The van der Waals surface area contributed by atoms with Crippen LogP contribution < -0.4 is 5.32 Å². The number of nitrogens with one attached hydrogen (secondary N) is 1. The second-order valence-corrected chi connectivity index (χ2v) is 7.48. The van der Waals surface area contributed by atoms with Gasteiger partial charge >= 0.3 is 0 Å². The smallest absolute Gasteiger partial charge is 0.244 e. The minimum Gasteiger partial charge on any atom is -0.336 e. The third-order valence-electron chi connectivity index (χ3n) is 3.97. The van der Waals surface area contributed by atoms with Gasteiger partial charge in [0.2, 0.25) is 11.8 Å². The van der Waals surface area contributed by atoms with Gasteiger partial charge in [0.25, 0.3) is 0 Å². The highest BCUT2D eigenvalue weighted by Crippen LogP contribution is 2.22. The van der Waals surface area contributed by atoms with Gasteiger partial charge in [0.1, 0.15) is 5.82 Å². The van der Waals surface area contributed by atoms with E-state index in [1.165, 1.54) is 28.8 Å². The van der Waals surface area contributed by atoms with Gasteiger partial charge in [-0.3, -0.25) is 14.2 Å². The Labute approximate surface area is 176 Å². The standard InChI is InChI=1S/C20H18ClFN4O2S/c1-25(12-18(27)24-17-8-3-2-7-16(17)21)19(28)13-29-20-23-9-10-26(20)15-6-4-5-14(22)11-15/h2-11H,12-13H2,1H3,(H,24,27). The maximum atomic E-state index is 13.5. The van der Waals surface area contributed by atoms with Crippen LogP contribution in [0.3, 0.4) is 0 Å². The summed E-state index contributed by atoms with van der Waals surface area (Å²) in [5.74, 6) is -0.854. The van der Waals surface area contributed by atoms with E-state index in [2.05, 4.69) is 10.3 Å². The van der Waals surface area contributed by atoms with E-state index in [9.17, 15) is 14.0 Å². The fraction of sp³-hybridized carbons (Fsp3) is 0.150. The van der Waals surface area contributed by atoms with Crippen LogP contribution in [0.5, 0.6) is 0 Å². The number of carbonyl (C=O) groups is 2. The lowest BCUT2D eigenvalue weighted by atomic mass is 10.3. The number of aromatic nitrogens is 2. The first kappa shape index (κ1) is 20.9. The molecule has 2 amide bonds. The third-order valence-corrected chi connectivity index (χ3v) is 5.25. The van der Waals surface area contributed by atoms with Crippen molar-refractivity contribution in [3.63, 3.8) is 0 Å². The molecule has 0 bridgehead atoms. The van der Waals surface area contributed by atoms with Crippen molar-refractivity contribution in [2.24, 2.45) is 0 Å². The van der Waals surface area contributed by atoms with Crippen LogP contribution in [0.15, 0.2) is 66.1 Å². The number of rotatable bonds is 7. The van der Waals surface area contributed by atoms with E-state index in [4.69, 9.17) is 11.6 Å². The first-order valence-corrected chi connectivity index (χ1v) is 10.0. The van der Waals surface area contributed by atoms with Gasteiger partial charge in [-0.05, 0) is 30.3 Å². The highest BCUT2D eigenvalue weighted by molar-refractivity contribution is 7.99. The van der Waals surface area contributed by atoms with Crippen molar-refractivity contribution in [3.8, 4) is 5.69 Å². The number of thioether (sulfide) groups is 1. The molecule has 6 nitrogen and oxygen atoms in total. The van der Waals surface area contributed by atoms with Crippen LogP contribution in [0.2, 0.25) is 5.02 Å². The zero-order valence-electron chi connectivity index (χ0n) is 15.5. The molecule has 29 heavy (non-hydrogen) atoms. The first-order valence-electron chi connectivity index (χ1n) is 8.64. The van der Waals surface area contributed by atoms with Gasteiger partial charge in [-0.25, -0.2) is 9.37 Å². The number of hydrogen-bond acceptors (Lipinski definition) is 4. The molecular weight excluding hydrogens is 415 g/mol. The van der Waals surface area contributed by atoms with Crippen LogP contribution in [0.4, 0.5) is 10.1 Å². The molecule has 0 aliphatic heterocycles. The number of carbonyl (C=O) groups excluding carboxylic acids is 2. The number of anilines is 1. The van der Waals surface area contributed by atoms with Crippen molar-refractivity contribution >= 4 is 40.9 Å². The predicted molar refractivity (Wildman–Crippen MR) is 112 cm³/mol. The maximum absolute atomic E-state index is 13.5. The monoisotopic (exact) mass is 432 g/mol. The number of likely N-dealkylation sites (N-methyl/N-ethyl adjacent to an activating group) is 1. The highest BCUT2D eigenvalue weighted by Gasteiger charge is 2.16. The van der Waals surface area contributed by atoms with Crippen molar-refractivity contribution in [2.75, 3.05) is 24.7 Å². The molecule has 0 saturated carbocycles. The van der Waals surface area contributed by atoms with E-state index in [-0.39, 0.29) is 29.9 Å². The molecule has 0 unspecified atom stereocenters. The lowest BCUT2D eigenvalue weighted by Crippen LogP contribution is -2.36. The van der Waals surface area contributed by atoms with Crippen molar-refractivity contribution < 1.29 is 14.0 Å². The molecule has 150 valence electrons. The Balaban J connectivity index is 1.55. The number of hydrogen-bond donors (Lipinski definition) is 1. The van der Waals surface area contributed by atoms with Crippen LogP contribution in [-0.2, 0) is 9.59 Å². The molecule has 0 atom stereocenters. The molecule has 1 aromatic heterocycles. The summed E-state index contributed by atoms with van der Waals surface area (Å²) in [4.78, 5) is 30.1. The number of amides is 2. The Morgan fingerprint density at radius 2 is 2.03 bits per heavy atom. The Bertz CT molecular complexity index is 1030. The van der Waals surface area contributed by atoms with E-state index in [0.717, 1.165) is 0 Å². The summed E-state index contributed by atoms with van der Waals surface area (Å²) < 4.78 is 15.2. The van der Waals surface area contributed by atoms with E-state index >= 15 is 0 Å². The Hall–Kier alpha value is -2.84. The summed E-state index contributed by atoms with van der Waals surface area (Å²) in [7, 11) is 1.55. The molecule has 0 aliphatic rings. The summed E-state index contributed by atoms with van der Waals surface area (Å²) in [6.07, 6.45) is 3.28. The normalized spacial score (nSPS) is 10.6. The minimum absolute atomic E-state index is 0.0855. The number of benzene rings is 2. The quantitative estimate of drug-likeness (QED) is 0.576. The predicted octanol–water partition coefficient (Wildman–Crippen LogP) is 3.85. The van der Waals surface area contributed by atoms with Crippen molar-refractivity contribution in [1.82, 2.24) is 14.5 Å². The summed E-state index contributed by atoms with van der Waals surface area (Å²) in [6, 6.07) is 13.0. The van der Waals surface area contributed by atoms with Gasteiger partial charge in [0.15, 0.2) is 5.16 Å². The van der Waals surface area contributed by atoms with Gasteiger partial charge in [-0.15, -0.1) is 0 Å². The molecule has 0 spiro atoms. The lowest BCUT2D eigenvalue weighted by Gasteiger charge is -2.17. The topological polar surface area (TPSA) is 67.2 Å². The van der Waals surface area contributed by atoms with Gasteiger partial charge in [0.05, 0.1) is 28.7 Å². The number of nitrogens with zero attached hydrogens (tertiary/aromatic N) is 3. The Kier molecular flexibility index (Phi) is 6.90. The largest absolute Gasteiger partial charge is 0.336 e. The van der Waals surface area contributed by atoms with Crippen molar-refractivity contribution in [1.29, 1.82) is 0 Å². The number of para-hydroxylation sites is 1. The molecule has 1 heterocycles. The molecule has 0 radical (unpaired) electrons. The SMILES string of the molecule is CN(CC(=O)Nc1ccccc1Cl)C(=O)CSc1nccn1-c1cccc(F)c1. The summed E-state index contributed by atoms with van der Waals surface area (Å²) in [5.41, 5.74) is 1.11. The van der Waals surface area contributed by atoms with Gasteiger partial charge in [-0.1, -0.05) is 41.6 Å². The molecule has 1 N–H and O–H groups in total. The average Bonchev–Trinajstić information content (AvgIpc) is 3.16. The fourth-order valence-electron chi connectivity index (χ4n) is 2.51. The molecule has 0 aliphatic carbocycles. The van der Waals surface area contributed by atoms with E-state index in [0.29, 0.717) is 21.6 Å². The molecule has 3 rings (SSSR count). The Morgan fingerprint density at radius 3 is 2.79 bits per heavy atom. The second-order valence-electron chi connectivity index (χ2n) is 6.13. The zero-order valence-corrected chi connectivity index (χ0v) is 17.1. The second kappa shape index (κ2) is 9.58. The van der Waals surface area contributed by atoms with E-state index < -0.39 is 0 Å². The molecule has 0 fully saturated rings. The van der Waals surface area contributed by atoms with Crippen LogP contribution in [0.1, 0.15) is 0 Å². The summed E-state index contributed by atoms with van der Waals surface area (Å²) in [6.45, 7) is -0.108. The van der Waals surface area contributed by atoms with E-state index in [1.807, 2.05) is 0 Å². The first-order chi connectivity index (χ1) is 13.9. The fourth-order valence-corrected chi connectivity index (χ4v) is 3.61. The lowest BCUT2D eigenvalue weighted by molar-refractivity contribution is -0.131. The third kappa shape index (κ3) is 5.58. The molecular formula is C20H18ClFN4O2S.